The molecule has 2 aliphatic heterocycles. The van der Waals surface area contributed by atoms with Crippen molar-refractivity contribution in [2.45, 2.75) is 56.9 Å². The van der Waals surface area contributed by atoms with Gasteiger partial charge in [-0.1, -0.05) is 36.4 Å². The van der Waals surface area contributed by atoms with E-state index < -0.39 is 52.6 Å². The number of nitrogens with zero attached hydrogens (tertiary/aromatic N) is 5. The van der Waals surface area contributed by atoms with Gasteiger partial charge in [-0.25, -0.2) is 9.18 Å². The second-order valence-corrected chi connectivity index (χ2v) is 11.4. The SMILES string of the molecule is Cn1nccc1CN1CCC2(CC1)OCc1c2c(=O)n(CC(N)c2ccccc2)c(=O)n1Cc1c(F)cccc1C(F)(F)F. The molecular weight excluding hydrogens is 580 g/mol. The van der Waals surface area contributed by atoms with E-state index in [4.69, 9.17) is 10.5 Å². The minimum atomic E-state index is -4.85. The van der Waals surface area contributed by atoms with E-state index in [1.54, 1.807) is 41.2 Å². The summed E-state index contributed by atoms with van der Waals surface area (Å²) in [6.07, 6.45) is -2.29. The lowest BCUT2D eigenvalue weighted by atomic mass is 9.85. The highest BCUT2D eigenvalue weighted by molar-refractivity contribution is 5.35. The molecule has 1 unspecified atom stereocenters. The number of ether oxygens (including phenoxy) is 1. The molecule has 232 valence electrons. The summed E-state index contributed by atoms with van der Waals surface area (Å²) in [5, 5.41) is 4.21. The Morgan fingerprint density at radius 2 is 1.73 bits per heavy atom. The first-order valence-electron chi connectivity index (χ1n) is 14.3. The topological polar surface area (TPSA) is 100 Å². The summed E-state index contributed by atoms with van der Waals surface area (Å²) in [6.45, 7) is 0.665. The number of hydrogen-bond acceptors (Lipinski definition) is 6. The average molecular weight is 613 g/mol. The van der Waals surface area contributed by atoms with Crippen molar-refractivity contribution in [1.29, 1.82) is 0 Å². The summed E-state index contributed by atoms with van der Waals surface area (Å²) < 4.78 is 66.9. The van der Waals surface area contributed by atoms with Crippen molar-refractivity contribution >= 4 is 0 Å². The standard InChI is InChI=1S/C31H32F4N6O3/c1-38-21(10-13-37-38)16-39-14-11-30(12-15-39)27-26(19-44-30)40(17-22-23(31(33,34)35)8-5-9-24(22)32)29(43)41(28(27)42)18-25(36)20-6-3-2-4-7-20/h2-10,13,25H,11-12,14-19,36H2,1H3. The van der Waals surface area contributed by atoms with Gasteiger partial charge in [-0.05, 0) is 36.6 Å². The third-order valence-corrected chi connectivity index (χ3v) is 8.80. The number of alkyl halides is 3. The summed E-state index contributed by atoms with van der Waals surface area (Å²) in [6, 6.07) is 12.7. The van der Waals surface area contributed by atoms with Crippen molar-refractivity contribution in [2.24, 2.45) is 12.8 Å². The Hall–Kier alpha value is -4.07. The third kappa shape index (κ3) is 5.39. The van der Waals surface area contributed by atoms with Crippen molar-refractivity contribution in [3.05, 3.63) is 121 Å². The van der Waals surface area contributed by atoms with Crippen LogP contribution in [0.3, 0.4) is 0 Å². The van der Waals surface area contributed by atoms with E-state index in [0.29, 0.717) is 38.0 Å². The van der Waals surface area contributed by atoms with Crippen LogP contribution in [-0.4, -0.2) is 36.9 Å². The minimum Gasteiger partial charge on any atom is -0.364 e. The smallest absolute Gasteiger partial charge is 0.364 e. The molecule has 2 aliphatic rings. The molecule has 4 aromatic rings. The zero-order valence-corrected chi connectivity index (χ0v) is 24.1. The highest BCUT2D eigenvalue weighted by Crippen LogP contribution is 2.43. The van der Waals surface area contributed by atoms with Crippen LogP contribution in [0.2, 0.25) is 0 Å². The van der Waals surface area contributed by atoms with Gasteiger partial charge in [0.25, 0.3) is 5.56 Å². The predicted molar refractivity (Wildman–Crippen MR) is 153 cm³/mol. The van der Waals surface area contributed by atoms with Gasteiger partial charge in [-0.15, -0.1) is 0 Å². The second kappa shape index (κ2) is 11.5. The number of aromatic nitrogens is 4. The number of likely N-dealkylation sites (tertiary alicyclic amines) is 1. The molecule has 44 heavy (non-hydrogen) atoms. The maximum absolute atomic E-state index is 15.0. The lowest BCUT2D eigenvalue weighted by Crippen LogP contribution is -2.49. The molecule has 2 aromatic carbocycles. The van der Waals surface area contributed by atoms with E-state index in [9.17, 15) is 27.2 Å². The fourth-order valence-electron chi connectivity index (χ4n) is 6.35. The van der Waals surface area contributed by atoms with Crippen LogP contribution in [-0.2, 0) is 49.8 Å². The van der Waals surface area contributed by atoms with Crippen molar-refractivity contribution in [3.63, 3.8) is 0 Å². The van der Waals surface area contributed by atoms with Crippen molar-refractivity contribution in [1.82, 2.24) is 23.8 Å². The maximum atomic E-state index is 15.0. The lowest BCUT2D eigenvalue weighted by Gasteiger charge is -2.38. The van der Waals surface area contributed by atoms with Crippen molar-refractivity contribution < 1.29 is 22.3 Å². The van der Waals surface area contributed by atoms with Crippen LogP contribution in [0.4, 0.5) is 17.6 Å². The largest absolute Gasteiger partial charge is 0.416 e. The number of rotatable bonds is 7. The van der Waals surface area contributed by atoms with Gasteiger partial charge >= 0.3 is 11.9 Å². The molecule has 0 radical (unpaired) electrons. The molecular formula is C31H32F4N6O3. The maximum Gasteiger partial charge on any atom is 0.416 e. The molecule has 2 N–H and O–H groups in total. The number of hydrogen-bond donors (Lipinski definition) is 1. The van der Waals surface area contributed by atoms with Gasteiger partial charge in [0, 0.05) is 44.5 Å². The van der Waals surface area contributed by atoms with Gasteiger partial charge in [-0.2, -0.15) is 18.3 Å². The summed E-state index contributed by atoms with van der Waals surface area (Å²) in [4.78, 5) is 30.3. The lowest BCUT2D eigenvalue weighted by molar-refractivity contribution is -0.138. The van der Waals surface area contributed by atoms with Crippen LogP contribution in [0, 0.1) is 5.82 Å². The molecule has 0 saturated carbocycles. The fraction of sp³-hybridized carbons (Fsp3) is 0.387. The van der Waals surface area contributed by atoms with Gasteiger partial charge in [0.1, 0.15) is 11.4 Å². The Balaban J connectivity index is 1.43. The molecule has 6 rings (SSSR count). The van der Waals surface area contributed by atoms with Gasteiger partial charge in [-0.3, -0.25) is 23.5 Å². The minimum absolute atomic E-state index is 0.164. The Bertz CT molecular complexity index is 1790. The molecule has 4 heterocycles. The zero-order chi connectivity index (χ0) is 31.2. The quantitative estimate of drug-likeness (QED) is 0.320. The van der Waals surface area contributed by atoms with Crippen LogP contribution in [0.1, 0.15) is 52.5 Å². The molecule has 2 aromatic heterocycles. The van der Waals surface area contributed by atoms with Crippen molar-refractivity contribution in [3.8, 4) is 0 Å². The van der Waals surface area contributed by atoms with E-state index in [1.165, 1.54) is 0 Å². The van der Waals surface area contributed by atoms with Crippen LogP contribution in [0.15, 0.2) is 70.4 Å². The number of benzene rings is 2. The average Bonchev–Trinajstić information content (AvgIpc) is 3.58. The first-order valence-corrected chi connectivity index (χ1v) is 14.3. The zero-order valence-electron chi connectivity index (χ0n) is 24.1. The predicted octanol–water partition coefficient (Wildman–Crippen LogP) is 3.67. The van der Waals surface area contributed by atoms with E-state index in [0.717, 1.165) is 33.0 Å². The van der Waals surface area contributed by atoms with Crippen LogP contribution in [0.25, 0.3) is 0 Å². The van der Waals surface area contributed by atoms with E-state index in [2.05, 4.69) is 10.00 Å². The van der Waals surface area contributed by atoms with Gasteiger partial charge in [0.05, 0.1) is 42.2 Å². The molecule has 0 amide bonds. The van der Waals surface area contributed by atoms with Crippen molar-refractivity contribution in [2.75, 3.05) is 13.1 Å². The number of piperidine rings is 1. The summed E-state index contributed by atoms with van der Waals surface area (Å²) >= 11 is 0. The first-order chi connectivity index (χ1) is 21.0. The Morgan fingerprint density at radius 3 is 2.39 bits per heavy atom. The summed E-state index contributed by atoms with van der Waals surface area (Å²) in [7, 11) is 1.86. The van der Waals surface area contributed by atoms with E-state index >= 15 is 0 Å². The first kappa shape index (κ1) is 30.0. The Labute approximate surface area is 250 Å². The van der Waals surface area contributed by atoms with Crippen LogP contribution >= 0.6 is 0 Å². The van der Waals surface area contributed by atoms with Gasteiger partial charge < -0.3 is 10.5 Å². The third-order valence-electron chi connectivity index (χ3n) is 8.80. The molecule has 1 fully saturated rings. The normalized spacial score (nSPS) is 17.2. The molecule has 9 nitrogen and oxygen atoms in total. The number of halogens is 4. The molecule has 13 heteroatoms. The summed E-state index contributed by atoms with van der Waals surface area (Å²) in [5.74, 6) is -1.10. The second-order valence-electron chi connectivity index (χ2n) is 11.4. The highest BCUT2D eigenvalue weighted by atomic mass is 19.4. The molecule has 0 aliphatic carbocycles. The monoisotopic (exact) mass is 612 g/mol. The fourth-order valence-corrected chi connectivity index (χ4v) is 6.35. The Kier molecular flexibility index (Phi) is 7.80. The molecule has 1 saturated heterocycles. The number of nitrogens with two attached hydrogens (primary N) is 1. The van der Waals surface area contributed by atoms with E-state index in [1.807, 2.05) is 13.1 Å². The molecule has 0 bridgehead atoms. The number of aryl methyl sites for hydroxylation is 1. The van der Waals surface area contributed by atoms with Crippen LogP contribution < -0.4 is 17.0 Å². The van der Waals surface area contributed by atoms with Gasteiger partial charge in [0.15, 0.2) is 0 Å². The number of fused-ring (bicyclic) bond motifs is 2. The Morgan fingerprint density at radius 1 is 1.00 bits per heavy atom. The van der Waals surface area contributed by atoms with Gasteiger partial charge in [0.2, 0.25) is 0 Å². The van der Waals surface area contributed by atoms with E-state index in [-0.39, 0.29) is 24.4 Å². The molecule has 1 spiro atoms. The summed E-state index contributed by atoms with van der Waals surface area (Å²) in [5.41, 5.74) is 4.13. The highest BCUT2D eigenvalue weighted by Gasteiger charge is 2.47. The van der Waals surface area contributed by atoms with Crippen LogP contribution in [0.5, 0.6) is 0 Å². The molecule has 1 atom stereocenters.